The Kier molecular flexibility index (Phi) is 9.11. The van der Waals surface area contributed by atoms with Gasteiger partial charge in [-0.15, -0.1) is 0 Å². The Labute approximate surface area is 163 Å². The molecule has 2 rings (SSSR count). The highest BCUT2D eigenvalue weighted by Crippen LogP contribution is 2.14. The number of piperidine rings is 1. The summed E-state index contributed by atoms with van der Waals surface area (Å²) in [4.78, 5) is 19.3. The zero-order valence-electron chi connectivity index (χ0n) is 17.0. The van der Waals surface area contributed by atoms with Crippen molar-refractivity contribution in [3.63, 3.8) is 0 Å². The third-order valence-electron chi connectivity index (χ3n) is 4.61. The Bertz CT molecular complexity index is 610. The second-order valence-electron chi connectivity index (χ2n) is 6.77. The lowest BCUT2D eigenvalue weighted by molar-refractivity contribution is 0.0263. The Morgan fingerprint density at radius 2 is 2.00 bits per heavy atom. The standard InChI is InChI=1S/C21H34N4O2/c1-4-12-23-20(26)18-9-7-8-17(15-18)16-24-21(22-5-2)25-13-10-19(11-14-25)27-6-3/h7-9,15,19H,4-6,10-14,16H2,1-3H3,(H,22,24)(H,23,26). The SMILES string of the molecule is CCCNC(=O)c1cccc(CN=C(NCC)N2CCC(OCC)CC2)c1. The number of hydrogen-bond acceptors (Lipinski definition) is 3. The molecule has 0 spiro atoms. The molecule has 1 fully saturated rings. The number of carbonyl (C=O) groups is 1. The summed E-state index contributed by atoms with van der Waals surface area (Å²) in [5, 5.41) is 6.31. The first kappa shape index (κ1) is 21.2. The summed E-state index contributed by atoms with van der Waals surface area (Å²) in [6.45, 7) is 11.0. The summed E-state index contributed by atoms with van der Waals surface area (Å²) in [6.07, 6.45) is 3.37. The number of amides is 1. The lowest BCUT2D eigenvalue weighted by atomic mass is 10.1. The summed E-state index contributed by atoms with van der Waals surface area (Å²) in [5.41, 5.74) is 1.73. The van der Waals surface area contributed by atoms with E-state index >= 15 is 0 Å². The fourth-order valence-electron chi connectivity index (χ4n) is 3.21. The molecule has 2 N–H and O–H groups in total. The zero-order chi connectivity index (χ0) is 19.5. The first-order valence-corrected chi connectivity index (χ1v) is 10.2. The molecule has 1 aliphatic rings. The average molecular weight is 375 g/mol. The second kappa shape index (κ2) is 11.6. The van der Waals surface area contributed by atoms with E-state index in [-0.39, 0.29) is 5.91 Å². The number of nitrogens with one attached hydrogen (secondary N) is 2. The van der Waals surface area contributed by atoms with Crippen molar-refractivity contribution in [3.8, 4) is 0 Å². The maximum atomic E-state index is 12.1. The van der Waals surface area contributed by atoms with Gasteiger partial charge in [-0.25, -0.2) is 4.99 Å². The van der Waals surface area contributed by atoms with Crippen LogP contribution in [-0.2, 0) is 11.3 Å². The number of rotatable bonds is 8. The Hall–Kier alpha value is -2.08. The van der Waals surface area contributed by atoms with Crippen molar-refractivity contribution in [2.45, 2.75) is 52.7 Å². The molecule has 27 heavy (non-hydrogen) atoms. The number of nitrogens with zero attached hydrogens (tertiary/aromatic N) is 2. The van der Waals surface area contributed by atoms with Crippen LogP contribution < -0.4 is 10.6 Å². The van der Waals surface area contributed by atoms with Crippen LogP contribution in [0.5, 0.6) is 0 Å². The highest BCUT2D eigenvalue weighted by atomic mass is 16.5. The number of aliphatic imine (C=N–C) groups is 1. The minimum atomic E-state index is -0.0208. The van der Waals surface area contributed by atoms with Gasteiger partial charge in [-0.2, -0.15) is 0 Å². The molecule has 1 amide bonds. The van der Waals surface area contributed by atoms with Crippen LogP contribution in [0.2, 0.25) is 0 Å². The van der Waals surface area contributed by atoms with Gasteiger partial charge in [-0.05, 0) is 50.8 Å². The monoisotopic (exact) mass is 374 g/mol. The van der Waals surface area contributed by atoms with E-state index in [2.05, 4.69) is 29.4 Å². The summed E-state index contributed by atoms with van der Waals surface area (Å²) in [6, 6.07) is 7.72. The summed E-state index contributed by atoms with van der Waals surface area (Å²) < 4.78 is 5.74. The molecule has 1 heterocycles. The molecule has 6 heteroatoms. The minimum Gasteiger partial charge on any atom is -0.378 e. The normalized spacial score (nSPS) is 15.7. The molecule has 0 saturated carbocycles. The molecule has 0 aliphatic carbocycles. The van der Waals surface area contributed by atoms with E-state index in [0.29, 0.717) is 24.8 Å². The van der Waals surface area contributed by atoms with Crippen molar-refractivity contribution >= 4 is 11.9 Å². The molecule has 0 bridgehead atoms. The predicted molar refractivity (Wildman–Crippen MR) is 110 cm³/mol. The molecule has 0 unspecified atom stereocenters. The summed E-state index contributed by atoms with van der Waals surface area (Å²) in [7, 11) is 0. The molecule has 0 radical (unpaired) electrons. The molecule has 150 valence electrons. The van der Waals surface area contributed by atoms with Crippen molar-refractivity contribution in [1.82, 2.24) is 15.5 Å². The number of hydrogen-bond donors (Lipinski definition) is 2. The second-order valence-corrected chi connectivity index (χ2v) is 6.77. The Balaban J connectivity index is 1.99. The maximum absolute atomic E-state index is 12.1. The van der Waals surface area contributed by atoms with Gasteiger partial charge in [0.25, 0.3) is 5.91 Å². The summed E-state index contributed by atoms with van der Waals surface area (Å²) >= 11 is 0. The van der Waals surface area contributed by atoms with Gasteiger partial charge in [-0.1, -0.05) is 19.1 Å². The maximum Gasteiger partial charge on any atom is 0.251 e. The van der Waals surface area contributed by atoms with Crippen LogP contribution in [0.4, 0.5) is 0 Å². The molecule has 1 saturated heterocycles. The van der Waals surface area contributed by atoms with Gasteiger partial charge in [0.2, 0.25) is 0 Å². The Morgan fingerprint density at radius 3 is 2.67 bits per heavy atom. The van der Waals surface area contributed by atoms with Crippen LogP contribution in [0, 0.1) is 0 Å². The fraction of sp³-hybridized carbons (Fsp3) is 0.619. The molecular weight excluding hydrogens is 340 g/mol. The molecule has 0 atom stereocenters. The topological polar surface area (TPSA) is 66.0 Å². The third kappa shape index (κ3) is 6.86. The fourth-order valence-corrected chi connectivity index (χ4v) is 3.21. The zero-order valence-corrected chi connectivity index (χ0v) is 17.0. The van der Waals surface area contributed by atoms with E-state index in [1.165, 1.54) is 0 Å². The van der Waals surface area contributed by atoms with Gasteiger partial charge < -0.3 is 20.3 Å². The van der Waals surface area contributed by atoms with Gasteiger partial charge in [0.05, 0.1) is 12.6 Å². The minimum absolute atomic E-state index is 0.0208. The highest BCUT2D eigenvalue weighted by Gasteiger charge is 2.21. The van der Waals surface area contributed by atoms with Crippen LogP contribution in [-0.4, -0.2) is 55.7 Å². The van der Waals surface area contributed by atoms with Crippen LogP contribution in [0.25, 0.3) is 0 Å². The number of carbonyl (C=O) groups excluding carboxylic acids is 1. The molecule has 1 aromatic carbocycles. The van der Waals surface area contributed by atoms with E-state index in [0.717, 1.165) is 57.0 Å². The molecule has 0 aromatic heterocycles. The van der Waals surface area contributed by atoms with Crippen LogP contribution in [0.3, 0.4) is 0 Å². The van der Waals surface area contributed by atoms with Crippen molar-refractivity contribution < 1.29 is 9.53 Å². The molecule has 6 nitrogen and oxygen atoms in total. The number of likely N-dealkylation sites (tertiary alicyclic amines) is 1. The molecule has 1 aromatic rings. The van der Waals surface area contributed by atoms with Gasteiger partial charge >= 0.3 is 0 Å². The third-order valence-corrected chi connectivity index (χ3v) is 4.61. The van der Waals surface area contributed by atoms with Crippen LogP contribution in [0.1, 0.15) is 56.0 Å². The highest BCUT2D eigenvalue weighted by molar-refractivity contribution is 5.94. The summed E-state index contributed by atoms with van der Waals surface area (Å²) in [5.74, 6) is 0.917. The van der Waals surface area contributed by atoms with Crippen LogP contribution >= 0.6 is 0 Å². The van der Waals surface area contributed by atoms with Crippen molar-refractivity contribution in [2.24, 2.45) is 4.99 Å². The number of benzene rings is 1. The smallest absolute Gasteiger partial charge is 0.251 e. The quantitative estimate of drug-likeness (QED) is 0.542. The van der Waals surface area contributed by atoms with E-state index in [9.17, 15) is 4.79 Å². The van der Waals surface area contributed by atoms with E-state index in [1.54, 1.807) is 0 Å². The average Bonchev–Trinajstić information content (AvgIpc) is 2.70. The van der Waals surface area contributed by atoms with Gasteiger partial charge in [0.15, 0.2) is 5.96 Å². The first-order valence-electron chi connectivity index (χ1n) is 10.2. The van der Waals surface area contributed by atoms with Crippen LogP contribution in [0.15, 0.2) is 29.3 Å². The van der Waals surface area contributed by atoms with Gasteiger partial charge in [0, 0.05) is 38.3 Å². The van der Waals surface area contributed by atoms with E-state index < -0.39 is 0 Å². The van der Waals surface area contributed by atoms with Gasteiger partial charge in [-0.3, -0.25) is 4.79 Å². The molecular formula is C21H34N4O2. The van der Waals surface area contributed by atoms with E-state index in [1.807, 2.05) is 31.2 Å². The molecule has 1 aliphatic heterocycles. The van der Waals surface area contributed by atoms with Crippen molar-refractivity contribution in [1.29, 1.82) is 0 Å². The van der Waals surface area contributed by atoms with Crippen molar-refractivity contribution in [3.05, 3.63) is 35.4 Å². The number of ether oxygens (including phenoxy) is 1. The lowest BCUT2D eigenvalue weighted by Crippen LogP contribution is -2.47. The van der Waals surface area contributed by atoms with E-state index in [4.69, 9.17) is 9.73 Å². The Morgan fingerprint density at radius 1 is 1.22 bits per heavy atom. The first-order chi connectivity index (χ1) is 13.2. The predicted octanol–water partition coefficient (Wildman–Crippen LogP) is 2.79. The largest absolute Gasteiger partial charge is 0.378 e. The van der Waals surface area contributed by atoms with Crippen molar-refractivity contribution in [2.75, 3.05) is 32.8 Å². The number of guanidine groups is 1. The lowest BCUT2D eigenvalue weighted by Gasteiger charge is -2.34. The van der Waals surface area contributed by atoms with Gasteiger partial charge in [0.1, 0.15) is 0 Å².